The predicted octanol–water partition coefficient (Wildman–Crippen LogP) is 3.71. The predicted molar refractivity (Wildman–Crippen MR) is 54.0 cm³/mol. The Balaban J connectivity index is 2.71. The molecule has 0 amide bonds. The standard InChI is InChI=1S/C12H18/c1-4-10(3)12-9-7-6-8-11(12)5-2/h5,11-12H,1-2,6-9H2,3H3/t11-,12-/m1/s1. The van der Waals surface area contributed by atoms with E-state index in [9.17, 15) is 0 Å². The smallest absolute Gasteiger partial charge is 0.00673 e. The molecule has 0 N–H and O–H groups in total. The summed E-state index contributed by atoms with van der Waals surface area (Å²) in [5.41, 5.74) is 4.34. The fourth-order valence-corrected chi connectivity index (χ4v) is 2.11. The van der Waals surface area contributed by atoms with Gasteiger partial charge in [-0.05, 0) is 37.2 Å². The largest absolute Gasteiger partial charge is 0.130 e. The molecule has 1 saturated carbocycles. The second kappa shape index (κ2) is 4.33. The van der Waals surface area contributed by atoms with Gasteiger partial charge in [0.2, 0.25) is 0 Å². The molecule has 0 bridgehead atoms. The van der Waals surface area contributed by atoms with Crippen LogP contribution in [-0.2, 0) is 0 Å². The second-order valence-corrected chi connectivity index (χ2v) is 3.65. The summed E-state index contributed by atoms with van der Waals surface area (Å²) in [6.07, 6.45) is 7.41. The van der Waals surface area contributed by atoms with Crippen LogP contribution in [0.25, 0.3) is 0 Å². The van der Waals surface area contributed by atoms with Gasteiger partial charge in [0.1, 0.15) is 0 Å². The van der Waals surface area contributed by atoms with Gasteiger partial charge in [-0.2, -0.15) is 0 Å². The Morgan fingerprint density at radius 3 is 2.67 bits per heavy atom. The van der Waals surface area contributed by atoms with Gasteiger partial charge in [-0.1, -0.05) is 25.5 Å². The molecule has 1 aliphatic rings. The summed E-state index contributed by atoms with van der Waals surface area (Å²) in [6, 6.07) is 0. The molecule has 66 valence electrons. The quantitative estimate of drug-likeness (QED) is 0.429. The van der Waals surface area contributed by atoms with Crippen molar-refractivity contribution < 1.29 is 0 Å². The average Bonchev–Trinajstić information content (AvgIpc) is 2.16. The highest BCUT2D eigenvalue weighted by Gasteiger charge is 2.23. The van der Waals surface area contributed by atoms with Gasteiger partial charge in [0.25, 0.3) is 0 Å². The zero-order valence-corrected chi connectivity index (χ0v) is 7.97. The summed E-state index contributed by atoms with van der Waals surface area (Å²) < 4.78 is 0. The van der Waals surface area contributed by atoms with Crippen molar-refractivity contribution >= 4 is 0 Å². The van der Waals surface area contributed by atoms with E-state index in [1.807, 2.05) is 0 Å². The highest BCUT2D eigenvalue weighted by molar-refractivity contribution is 5.07. The van der Waals surface area contributed by atoms with Crippen LogP contribution < -0.4 is 0 Å². The summed E-state index contributed by atoms with van der Waals surface area (Å²) in [4.78, 5) is 0. The summed E-state index contributed by atoms with van der Waals surface area (Å²) in [7, 11) is 0. The molecule has 12 heavy (non-hydrogen) atoms. The Bertz CT molecular complexity index is 206. The molecule has 1 aliphatic carbocycles. The fraction of sp³-hybridized carbons (Fsp3) is 0.583. The third-order valence-electron chi connectivity index (χ3n) is 2.96. The normalized spacial score (nSPS) is 29.1. The first-order chi connectivity index (χ1) is 5.79. The fourth-order valence-electron chi connectivity index (χ4n) is 2.11. The van der Waals surface area contributed by atoms with E-state index in [1.54, 1.807) is 0 Å². The number of allylic oxidation sites excluding steroid dienone is 2. The van der Waals surface area contributed by atoms with Gasteiger partial charge in [-0.15, -0.1) is 12.3 Å². The molecule has 0 spiro atoms. The van der Waals surface area contributed by atoms with E-state index >= 15 is 0 Å². The molecule has 0 heterocycles. The minimum absolute atomic E-state index is 0.674. The number of rotatable bonds is 2. The van der Waals surface area contributed by atoms with Gasteiger partial charge < -0.3 is 0 Å². The van der Waals surface area contributed by atoms with Crippen molar-refractivity contribution in [3.8, 4) is 0 Å². The lowest BCUT2D eigenvalue weighted by molar-refractivity contribution is 0.324. The Hall–Kier alpha value is -0.740. The Morgan fingerprint density at radius 2 is 2.08 bits per heavy atom. The molecule has 1 rings (SSSR count). The molecular weight excluding hydrogens is 144 g/mol. The van der Waals surface area contributed by atoms with E-state index in [2.05, 4.69) is 31.9 Å². The van der Waals surface area contributed by atoms with Crippen LogP contribution in [0, 0.1) is 11.8 Å². The third-order valence-corrected chi connectivity index (χ3v) is 2.96. The number of hydrogen-bond donors (Lipinski definition) is 0. The van der Waals surface area contributed by atoms with Crippen molar-refractivity contribution in [1.82, 2.24) is 0 Å². The first-order valence-corrected chi connectivity index (χ1v) is 4.78. The van der Waals surface area contributed by atoms with Crippen LogP contribution in [0.5, 0.6) is 0 Å². The SMILES string of the molecule is C=C=C(C)[C@H]1CCCC[C@H]1C=C. The van der Waals surface area contributed by atoms with E-state index in [0.717, 1.165) is 0 Å². The summed E-state index contributed by atoms with van der Waals surface area (Å²) >= 11 is 0. The lowest BCUT2D eigenvalue weighted by atomic mass is 9.76. The Labute approximate surface area is 75.7 Å². The van der Waals surface area contributed by atoms with Gasteiger partial charge in [-0.3, -0.25) is 0 Å². The molecule has 0 nitrogen and oxygen atoms in total. The van der Waals surface area contributed by atoms with E-state index < -0.39 is 0 Å². The van der Waals surface area contributed by atoms with Crippen molar-refractivity contribution in [2.45, 2.75) is 32.6 Å². The first-order valence-electron chi connectivity index (χ1n) is 4.78. The van der Waals surface area contributed by atoms with Crippen LogP contribution in [0.4, 0.5) is 0 Å². The maximum atomic E-state index is 3.89. The van der Waals surface area contributed by atoms with E-state index in [0.29, 0.717) is 11.8 Å². The van der Waals surface area contributed by atoms with Crippen LogP contribution in [0.3, 0.4) is 0 Å². The van der Waals surface area contributed by atoms with Gasteiger partial charge in [-0.25, -0.2) is 0 Å². The average molecular weight is 162 g/mol. The maximum Gasteiger partial charge on any atom is -0.00673 e. The summed E-state index contributed by atoms with van der Waals surface area (Å²) in [6.45, 7) is 9.74. The summed E-state index contributed by atoms with van der Waals surface area (Å²) in [5.74, 6) is 1.35. The van der Waals surface area contributed by atoms with E-state index in [1.165, 1.54) is 31.3 Å². The highest BCUT2D eigenvalue weighted by atomic mass is 14.3. The number of hydrogen-bond acceptors (Lipinski definition) is 0. The molecular formula is C12H18. The van der Waals surface area contributed by atoms with Crippen LogP contribution >= 0.6 is 0 Å². The zero-order chi connectivity index (χ0) is 8.97. The van der Waals surface area contributed by atoms with Gasteiger partial charge in [0, 0.05) is 0 Å². The maximum absolute atomic E-state index is 3.89. The van der Waals surface area contributed by atoms with Gasteiger partial charge in [0.15, 0.2) is 0 Å². The molecule has 2 atom stereocenters. The van der Waals surface area contributed by atoms with Crippen LogP contribution in [-0.4, -0.2) is 0 Å². The monoisotopic (exact) mass is 162 g/mol. The first kappa shape index (κ1) is 9.35. The molecule has 1 fully saturated rings. The van der Waals surface area contributed by atoms with E-state index in [4.69, 9.17) is 0 Å². The van der Waals surface area contributed by atoms with Crippen molar-refractivity contribution in [2.75, 3.05) is 0 Å². The minimum atomic E-state index is 0.674. The molecule has 0 unspecified atom stereocenters. The molecule has 0 saturated heterocycles. The van der Waals surface area contributed by atoms with Crippen molar-refractivity contribution in [3.05, 3.63) is 30.5 Å². The van der Waals surface area contributed by atoms with Crippen molar-refractivity contribution in [3.63, 3.8) is 0 Å². The molecule has 0 heteroatoms. The van der Waals surface area contributed by atoms with Gasteiger partial charge >= 0.3 is 0 Å². The summed E-state index contributed by atoms with van der Waals surface area (Å²) in [5, 5.41) is 0. The second-order valence-electron chi connectivity index (χ2n) is 3.65. The van der Waals surface area contributed by atoms with Crippen molar-refractivity contribution in [2.24, 2.45) is 11.8 Å². The van der Waals surface area contributed by atoms with Gasteiger partial charge in [0.05, 0.1) is 0 Å². The van der Waals surface area contributed by atoms with Crippen molar-refractivity contribution in [1.29, 1.82) is 0 Å². The zero-order valence-electron chi connectivity index (χ0n) is 7.97. The molecule has 0 aliphatic heterocycles. The lowest BCUT2D eigenvalue weighted by Crippen LogP contribution is -2.18. The van der Waals surface area contributed by atoms with Crippen LogP contribution in [0.1, 0.15) is 32.6 Å². The van der Waals surface area contributed by atoms with Crippen LogP contribution in [0.15, 0.2) is 30.5 Å². The molecule has 0 radical (unpaired) electrons. The topological polar surface area (TPSA) is 0 Å². The Morgan fingerprint density at radius 1 is 1.42 bits per heavy atom. The molecule has 0 aromatic rings. The minimum Gasteiger partial charge on any atom is -0.130 e. The molecule has 0 aromatic carbocycles. The Kier molecular flexibility index (Phi) is 3.37. The van der Waals surface area contributed by atoms with E-state index in [-0.39, 0.29) is 0 Å². The molecule has 0 aromatic heterocycles. The highest BCUT2D eigenvalue weighted by Crippen LogP contribution is 2.34. The third kappa shape index (κ3) is 1.89. The van der Waals surface area contributed by atoms with Crippen LogP contribution in [0.2, 0.25) is 0 Å². The lowest BCUT2D eigenvalue weighted by Gasteiger charge is -2.29.